The number of nitrogens with zero attached hydrogens (tertiary/aromatic N) is 1. The van der Waals surface area contributed by atoms with Crippen molar-refractivity contribution in [2.75, 3.05) is 17.5 Å². The van der Waals surface area contributed by atoms with E-state index in [1.54, 1.807) is 78.9 Å². The molecule has 0 atom stereocenters. The van der Waals surface area contributed by atoms with Gasteiger partial charge >= 0.3 is 0 Å². The van der Waals surface area contributed by atoms with Crippen molar-refractivity contribution in [2.24, 2.45) is 0 Å². The second-order valence-corrected chi connectivity index (χ2v) is 10.0. The van der Waals surface area contributed by atoms with E-state index in [2.05, 4.69) is 5.32 Å². The van der Waals surface area contributed by atoms with E-state index in [1.807, 2.05) is 36.4 Å². The molecule has 0 bridgehead atoms. The number of hydrogen-bond donors (Lipinski definition) is 1. The Kier molecular flexibility index (Phi) is 8.49. The van der Waals surface area contributed by atoms with Crippen LogP contribution in [0.2, 0.25) is 0 Å². The van der Waals surface area contributed by atoms with Gasteiger partial charge in [0.15, 0.2) is 0 Å². The first-order chi connectivity index (χ1) is 17.5. The molecule has 4 aromatic rings. The van der Waals surface area contributed by atoms with Crippen molar-refractivity contribution < 1.29 is 17.9 Å². The SMILES string of the molecule is O=C(NCCOCc1ccccc1)c1ccc(CN(c2ccccc2)S(=O)(=O)c2ccccc2)cc1. The van der Waals surface area contributed by atoms with Crippen LogP contribution >= 0.6 is 0 Å². The largest absolute Gasteiger partial charge is 0.375 e. The van der Waals surface area contributed by atoms with Gasteiger partial charge < -0.3 is 10.1 Å². The third-order valence-electron chi connectivity index (χ3n) is 5.56. The highest BCUT2D eigenvalue weighted by Gasteiger charge is 2.25. The number of carbonyl (C=O) groups is 1. The topological polar surface area (TPSA) is 75.7 Å². The molecule has 7 heteroatoms. The summed E-state index contributed by atoms with van der Waals surface area (Å²) in [4.78, 5) is 12.7. The minimum Gasteiger partial charge on any atom is -0.375 e. The van der Waals surface area contributed by atoms with Gasteiger partial charge in [0.05, 0.1) is 30.3 Å². The molecule has 0 aromatic heterocycles. The van der Waals surface area contributed by atoms with Crippen LogP contribution in [0.5, 0.6) is 0 Å². The molecule has 0 fully saturated rings. The molecule has 6 nitrogen and oxygen atoms in total. The number of amides is 1. The number of ether oxygens (including phenoxy) is 1. The van der Waals surface area contributed by atoms with E-state index >= 15 is 0 Å². The lowest BCUT2D eigenvalue weighted by atomic mass is 10.1. The number of sulfonamides is 1. The van der Waals surface area contributed by atoms with E-state index < -0.39 is 10.0 Å². The molecular weight excluding hydrogens is 472 g/mol. The molecule has 0 unspecified atom stereocenters. The van der Waals surface area contributed by atoms with Crippen LogP contribution in [0.1, 0.15) is 21.5 Å². The first-order valence-electron chi connectivity index (χ1n) is 11.7. The van der Waals surface area contributed by atoms with Crippen molar-refractivity contribution in [1.29, 1.82) is 0 Å². The van der Waals surface area contributed by atoms with E-state index in [0.717, 1.165) is 11.1 Å². The summed E-state index contributed by atoms with van der Waals surface area (Å²) in [6.07, 6.45) is 0. The van der Waals surface area contributed by atoms with Gasteiger partial charge in [0.2, 0.25) is 0 Å². The molecule has 0 heterocycles. The minimum absolute atomic E-state index is 0.135. The first kappa shape index (κ1) is 25.2. The third kappa shape index (κ3) is 6.59. The molecule has 0 saturated heterocycles. The maximum atomic E-state index is 13.4. The molecule has 0 radical (unpaired) electrons. The normalized spacial score (nSPS) is 11.1. The summed E-state index contributed by atoms with van der Waals surface area (Å²) in [6.45, 7) is 1.43. The molecule has 1 amide bonds. The number of benzene rings is 4. The number of hydrogen-bond acceptors (Lipinski definition) is 4. The zero-order chi connectivity index (χ0) is 25.2. The standard InChI is InChI=1S/C29H28N2O4S/c32-29(30-20-21-35-23-25-10-4-1-5-11-25)26-18-16-24(17-19-26)22-31(27-12-6-2-7-13-27)36(33,34)28-14-8-3-9-15-28/h1-19H,20-23H2,(H,30,32). The number of anilines is 1. The predicted octanol–water partition coefficient (Wildman–Crippen LogP) is 5.03. The van der Waals surface area contributed by atoms with E-state index in [-0.39, 0.29) is 17.3 Å². The maximum Gasteiger partial charge on any atom is 0.264 e. The van der Waals surface area contributed by atoms with E-state index in [4.69, 9.17) is 4.74 Å². The van der Waals surface area contributed by atoms with Gasteiger partial charge in [-0.05, 0) is 47.5 Å². The fourth-order valence-electron chi connectivity index (χ4n) is 3.66. The highest BCUT2D eigenvalue weighted by Crippen LogP contribution is 2.25. The molecule has 0 aliphatic heterocycles. The third-order valence-corrected chi connectivity index (χ3v) is 7.35. The van der Waals surface area contributed by atoms with Gasteiger partial charge in [0.25, 0.3) is 15.9 Å². The van der Waals surface area contributed by atoms with Gasteiger partial charge in [-0.2, -0.15) is 0 Å². The molecule has 0 spiro atoms. The Balaban J connectivity index is 1.38. The summed E-state index contributed by atoms with van der Waals surface area (Å²) in [5.74, 6) is -0.207. The van der Waals surface area contributed by atoms with E-state index in [1.165, 1.54) is 4.31 Å². The second kappa shape index (κ2) is 12.2. The summed E-state index contributed by atoms with van der Waals surface area (Å²) in [5, 5.41) is 2.85. The van der Waals surface area contributed by atoms with Crippen LogP contribution in [0.4, 0.5) is 5.69 Å². The van der Waals surface area contributed by atoms with Crippen LogP contribution in [-0.2, 0) is 27.9 Å². The fourth-order valence-corrected chi connectivity index (χ4v) is 5.13. The van der Waals surface area contributed by atoms with Crippen molar-refractivity contribution in [1.82, 2.24) is 5.32 Å². The van der Waals surface area contributed by atoms with Crippen molar-refractivity contribution in [3.05, 3.63) is 132 Å². The lowest BCUT2D eigenvalue weighted by molar-refractivity contribution is 0.0901. The number of nitrogens with one attached hydrogen (secondary N) is 1. The van der Waals surface area contributed by atoms with Crippen molar-refractivity contribution in [2.45, 2.75) is 18.0 Å². The summed E-state index contributed by atoms with van der Waals surface area (Å²) in [6, 6.07) is 34.2. The van der Waals surface area contributed by atoms with Gasteiger partial charge in [-0.1, -0.05) is 78.9 Å². The van der Waals surface area contributed by atoms with Gasteiger partial charge in [0.1, 0.15) is 0 Å². The highest BCUT2D eigenvalue weighted by molar-refractivity contribution is 7.92. The number of para-hydroxylation sites is 1. The van der Waals surface area contributed by atoms with Crippen LogP contribution in [0.15, 0.2) is 120 Å². The van der Waals surface area contributed by atoms with Crippen molar-refractivity contribution in [3.8, 4) is 0 Å². The Morgan fingerprint density at radius 3 is 1.94 bits per heavy atom. The second-order valence-electron chi connectivity index (χ2n) is 8.15. The minimum atomic E-state index is -3.78. The zero-order valence-corrected chi connectivity index (χ0v) is 20.6. The summed E-state index contributed by atoms with van der Waals surface area (Å²) >= 11 is 0. The van der Waals surface area contributed by atoms with Crippen LogP contribution in [0, 0.1) is 0 Å². The molecule has 36 heavy (non-hydrogen) atoms. The van der Waals surface area contributed by atoms with Gasteiger partial charge in [-0.3, -0.25) is 9.10 Å². The molecule has 4 aromatic carbocycles. The molecule has 4 rings (SSSR count). The van der Waals surface area contributed by atoms with Crippen molar-refractivity contribution >= 4 is 21.6 Å². The Morgan fingerprint density at radius 1 is 0.722 bits per heavy atom. The smallest absolute Gasteiger partial charge is 0.264 e. The number of carbonyl (C=O) groups excluding carboxylic acids is 1. The average molecular weight is 501 g/mol. The average Bonchev–Trinajstić information content (AvgIpc) is 2.93. The Morgan fingerprint density at radius 2 is 1.31 bits per heavy atom. The van der Waals surface area contributed by atoms with Crippen LogP contribution in [0.25, 0.3) is 0 Å². The van der Waals surface area contributed by atoms with Gasteiger partial charge in [-0.25, -0.2) is 8.42 Å². The Labute approximate surface area is 212 Å². The summed E-state index contributed by atoms with van der Waals surface area (Å²) < 4.78 is 33.8. The van der Waals surface area contributed by atoms with E-state index in [0.29, 0.717) is 31.0 Å². The lowest BCUT2D eigenvalue weighted by Gasteiger charge is -2.25. The highest BCUT2D eigenvalue weighted by atomic mass is 32.2. The zero-order valence-electron chi connectivity index (χ0n) is 19.8. The number of rotatable bonds is 11. The van der Waals surface area contributed by atoms with E-state index in [9.17, 15) is 13.2 Å². The molecule has 184 valence electrons. The van der Waals surface area contributed by atoms with Crippen LogP contribution in [-0.4, -0.2) is 27.5 Å². The molecular formula is C29H28N2O4S. The summed E-state index contributed by atoms with van der Waals surface area (Å²) in [7, 11) is -3.78. The quantitative estimate of drug-likeness (QED) is 0.293. The Bertz CT molecular complexity index is 1350. The first-order valence-corrected chi connectivity index (χ1v) is 13.1. The summed E-state index contributed by atoms with van der Waals surface area (Å²) in [5.41, 5.74) is 2.91. The molecule has 0 saturated carbocycles. The fraction of sp³-hybridized carbons (Fsp3) is 0.138. The monoisotopic (exact) mass is 500 g/mol. The molecule has 1 N–H and O–H groups in total. The van der Waals surface area contributed by atoms with Crippen LogP contribution in [0.3, 0.4) is 0 Å². The van der Waals surface area contributed by atoms with Crippen LogP contribution < -0.4 is 9.62 Å². The van der Waals surface area contributed by atoms with Gasteiger partial charge in [0, 0.05) is 12.1 Å². The maximum absolute atomic E-state index is 13.4. The van der Waals surface area contributed by atoms with Crippen molar-refractivity contribution in [3.63, 3.8) is 0 Å². The van der Waals surface area contributed by atoms with Gasteiger partial charge in [-0.15, -0.1) is 0 Å². The Hall–Kier alpha value is -3.94. The lowest BCUT2D eigenvalue weighted by Crippen LogP contribution is -2.30. The molecule has 0 aliphatic rings. The molecule has 0 aliphatic carbocycles. The predicted molar refractivity (Wildman–Crippen MR) is 141 cm³/mol.